The molecule has 4 atom stereocenters. The van der Waals surface area contributed by atoms with Gasteiger partial charge >= 0.3 is 5.69 Å². The van der Waals surface area contributed by atoms with Gasteiger partial charge in [0.25, 0.3) is 5.56 Å². The predicted octanol–water partition coefficient (Wildman–Crippen LogP) is -3.51. The fourth-order valence-electron chi connectivity index (χ4n) is 2.08. The van der Waals surface area contributed by atoms with Crippen molar-refractivity contribution in [2.24, 2.45) is 0 Å². The summed E-state index contributed by atoms with van der Waals surface area (Å²) < 4.78 is 6.08. The van der Waals surface area contributed by atoms with Crippen LogP contribution in [0.4, 0.5) is 0 Å². The molecule has 1 saturated heterocycles. The molecule has 5 N–H and O–H groups in total. The molecule has 0 spiro atoms. The van der Waals surface area contributed by atoms with Gasteiger partial charge in [-0.1, -0.05) is 5.92 Å². The minimum atomic E-state index is -1.49. The first-order chi connectivity index (χ1) is 9.99. The molecule has 0 bridgehead atoms. The van der Waals surface area contributed by atoms with Crippen LogP contribution in [0, 0.1) is 11.8 Å². The molecule has 0 aromatic carbocycles. The minimum Gasteiger partial charge on any atom is -0.394 e. The molecule has 1 aliphatic rings. The van der Waals surface area contributed by atoms with E-state index in [1.807, 2.05) is 4.98 Å². The molecule has 2 rings (SSSR count). The summed E-state index contributed by atoms with van der Waals surface area (Å²) in [6.07, 6.45) is -5.26. The maximum Gasteiger partial charge on any atom is 0.331 e. The van der Waals surface area contributed by atoms with E-state index in [0.29, 0.717) is 0 Å². The largest absolute Gasteiger partial charge is 0.394 e. The molecule has 2 heterocycles. The Morgan fingerprint density at radius 3 is 2.57 bits per heavy atom. The molecule has 1 aliphatic heterocycles. The Bertz CT molecular complexity index is 683. The second-order valence-corrected chi connectivity index (χ2v) is 4.38. The molecule has 0 amide bonds. The second-order valence-electron chi connectivity index (χ2n) is 4.38. The zero-order valence-electron chi connectivity index (χ0n) is 10.8. The van der Waals surface area contributed by atoms with E-state index in [1.165, 1.54) is 0 Å². The fraction of sp³-hybridized carbons (Fsp3) is 0.500. The van der Waals surface area contributed by atoms with E-state index < -0.39 is 49.0 Å². The number of aliphatic hydroxyl groups is 4. The smallest absolute Gasteiger partial charge is 0.331 e. The van der Waals surface area contributed by atoms with E-state index in [4.69, 9.17) is 14.9 Å². The Morgan fingerprint density at radius 2 is 2.00 bits per heavy atom. The molecule has 1 fully saturated rings. The zero-order valence-corrected chi connectivity index (χ0v) is 10.8. The monoisotopic (exact) mass is 298 g/mol. The summed E-state index contributed by atoms with van der Waals surface area (Å²) in [7, 11) is 0. The number of H-pyrrole nitrogens is 1. The lowest BCUT2D eigenvalue weighted by Crippen LogP contribution is -2.39. The minimum absolute atomic E-state index is 0.0901. The first-order valence-electron chi connectivity index (χ1n) is 6.07. The van der Waals surface area contributed by atoms with Crippen LogP contribution >= 0.6 is 0 Å². The van der Waals surface area contributed by atoms with Crippen LogP contribution < -0.4 is 11.2 Å². The van der Waals surface area contributed by atoms with E-state index in [0.717, 1.165) is 10.6 Å². The van der Waals surface area contributed by atoms with Gasteiger partial charge in [-0.2, -0.15) is 0 Å². The molecule has 0 saturated carbocycles. The highest BCUT2D eigenvalue weighted by atomic mass is 16.6. The highest BCUT2D eigenvalue weighted by Gasteiger charge is 2.44. The van der Waals surface area contributed by atoms with Gasteiger partial charge in [-0.15, -0.1) is 0 Å². The Balaban J connectivity index is 2.53. The van der Waals surface area contributed by atoms with Crippen LogP contribution in [0.2, 0.25) is 0 Å². The van der Waals surface area contributed by atoms with Crippen molar-refractivity contribution in [2.45, 2.75) is 24.5 Å². The van der Waals surface area contributed by atoms with Crippen LogP contribution in [0.5, 0.6) is 0 Å². The van der Waals surface area contributed by atoms with Crippen LogP contribution in [-0.4, -0.2) is 61.5 Å². The van der Waals surface area contributed by atoms with Crippen molar-refractivity contribution in [3.8, 4) is 11.8 Å². The fourth-order valence-corrected chi connectivity index (χ4v) is 2.08. The molecule has 0 unspecified atom stereocenters. The van der Waals surface area contributed by atoms with Gasteiger partial charge in [0.2, 0.25) is 0 Å². The highest BCUT2D eigenvalue weighted by Crippen LogP contribution is 2.28. The number of aliphatic hydroxyl groups excluding tert-OH is 4. The average Bonchev–Trinajstić information content (AvgIpc) is 2.72. The highest BCUT2D eigenvalue weighted by molar-refractivity contribution is 5.27. The first kappa shape index (κ1) is 15.4. The van der Waals surface area contributed by atoms with Crippen molar-refractivity contribution in [1.29, 1.82) is 0 Å². The molecule has 1 aromatic heterocycles. The Hall–Kier alpha value is -1.96. The predicted molar refractivity (Wildman–Crippen MR) is 68.3 cm³/mol. The third-order valence-electron chi connectivity index (χ3n) is 3.04. The molecule has 0 aliphatic carbocycles. The molecule has 9 nitrogen and oxygen atoms in total. The van der Waals surface area contributed by atoms with Gasteiger partial charge in [0.05, 0.1) is 6.61 Å². The van der Waals surface area contributed by atoms with Gasteiger partial charge in [0.1, 0.15) is 30.6 Å². The number of rotatable bonds is 2. The molecule has 9 heteroatoms. The quantitative estimate of drug-likeness (QED) is 0.356. The summed E-state index contributed by atoms with van der Waals surface area (Å²) in [6.45, 7) is -1.04. The number of nitrogens with one attached hydrogen (secondary N) is 1. The number of aromatic amines is 1. The van der Waals surface area contributed by atoms with Gasteiger partial charge in [-0.05, 0) is 5.92 Å². The standard InChI is InChI=1S/C12H14N2O7/c15-3-1-2-6-4-8(17)13-12(20)14(6)11-10(19)9(18)7(5-16)21-11/h4,7,9-11,15-16,18-19H,3,5H2,(H,13,17,20)/t7-,9-,10-,11-/m1/s1. The first-order valence-corrected chi connectivity index (χ1v) is 6.07. The molecular formula is C12H14N2O7. The maximum absolute atomic E-state index is 11.9. The molecule has 21 heavy (non-hydrogen) atoms. The molecule has 114 valence electrons. The van der Waals surface area contributed by atoms with Gasteiger partial charge in [0.15, 0.2) is 6.23 Å². The number of aromatic nitrogens is 2. The van der Waals surface area contributed by atoms with Crippen molar-refractivity contribution in [1.82, 2.24) is 9.55 Å². The number of hydrogen-bond acceptors (Lipinski definition) is 7. The lowest BCUT2D eigenvalue weighted by Gasteiger charge is -2.18. The van der Waals surface area contributed by atoms with Crippen molar-refractivity contribution in [2.75, 3.05) is 13.2 Å². The summed E-state index contributed by atoms with van der Waals surface area (Å²) in [5, 5.41) is 37.4. The Morgan fingerprint density at radius 1 is 1.29 bits per heavy atom. The SMILES string of the molecule is O=c1cc(C#CCO)n([C@@H]2O[C@H](CO)[C@@H](O)[C@H]2O)c(=O)[nH]1. The van der Waals surface area contributed by atoms with Crippen molar-refractivity contribution >= 4 is 0 Å². The number of hydrogen-bond donors (Lipinski definition) is 5. The molecule has 1 aromatic rings. The van der Waals surface area contributed by atoms with Gasteiger partial charge in [0, 0.05) is 6.07 Å². The van der Waals surface area contributed by atoms with Crippen LogP contribution in [0.25, 0.3) is 0 Å². The topological polar surface area (TPSA) is 145 Å². The lowest BCUT2D eigenvalue weighted by molar-refractivity contribution is -0.0554. The summed E-state index contributed by atoms with van der Waals surface area (Å²) in [4.78, 5) is 25.2. The van der Waals surface area contributed by atoms with Crippen LogP contribution in [0.3, 0.4) is 0 Å². The van der Waals surface area contributed by atoms with Crippen LogP contribution in [-0.2, 0) is 4.74 Å². The average molecular weight is 298 g/mol. The van der Waals surface area contributed by atoms with E-state index in [-0.39, 0.29) is 5.69 Å². The van der Waals surface area contributed by atoms with Gasteiger partial charge in [-0.25, -0.2) is 4.79 Å². The van der Waals surface area contributed by atoms with Crippen molar-refractivity contribution in [3.63, 3.8) is 0 Å². The van der Waals surface area contributed by atoms with Crippen LogP contribution in [0.15, 0.2) is 15.7 Å². The summed E-state index contributed by atoms with van der Waals surface area (Å²) in [5.41, 5.74) is -1.68. The third kappa shape index (κ3) is 2.90. The lowest BCUT2D eigenvalue weighted by atomic mass is 10.1. The van der Waals surface area contributed by atoms with Crippen molar-refractivity contribution < 1.29 is 25.2 Å². The number of ether oxygens (including phenoxy) is 1. The maximum atomic E-state index is 11.9. The summed E-state index contributed by atoms with van der Waals surface area (Å²) in [6, 6.07) is 0.999. The third-order valence-corrected chi connectivity index (χ3v) is 3.04. The van der Waals surface area contributed by atoms with E-state index in [9.17, 15) is 19.8 Å². The van der Waals surface area contributed by atoms with E-state index >= 15 is 0 Å². The number of nitrogens with zero attached hydrogens (tertiary/aromatic N) is 1. The summed E-state index contributed by atoms with van der Waals surface area (Å²) in [5.74, 6) is 4.68. The van der Waals surface area contributed by atoms with Gasteiger partial charge < -0.3 is 25.2 Å². The van der Waals surface area contributed by atoms with Crippen molar-refractivity contribution in [3.05, 3.63) is 32.6 Å². The molecule has 0 radical (unpaired) electrons. The Labute approximate surface area is 118 Å². The van der Waals surface area contributed by atoms with E-state index in [2.05, 4.69) is 11.8 Å². The second kappa shape index (κ2) is 6.21. The molecular weight excluding hydrogens is 284 g/mol. The van der Waals surface area contributed by atoms with Gasteiger partial charge in [-0.3, -0.25) is 14.3 Å². The normalized spacial score (nSPS) is 28.2. The van der Waals surface area contributed by atoms with E-state index in [1.54, 1.807) is 0 Å². The van der Waals surface area contributed by atoms with Crippen LogP contribution in [0.1, 0.15) is 11.9 Å². The Kier molecular flexibility index (Phi) is 4.56. The summed E-state index contributed by atoms with van der Waals surface area (Å²) >= 11 is 0. The zero-order chi connectivity index (χ0) is 15.6.